The fourth-order valence-electron chi connectivity index (χ4n) is 2.29. The maximum Gasteiger partial charge on any atom is 0.0551 e. The van der Waals surface area contributed by atoms with Crippen molar-refractivity contribution < 1.29 is 0 Å². The molecule has 0 aliphatic carbocycles. The van der Waals surface area contributed by atoms with E-state index >= 15 is 0 Å². The molecular formula is C13H23N3. The van der Waals surface area contributed by atoms with Crippen molar-refractivity contribution in [3.05, 3.63) is 18.5 Å². The summed E-state index contributed by atoms with van der Waals surface area (Å²) in [5, 5.41) is 3.47. The SMILES string of the molecule is CC(C)(C)CC(C)(C)Nc1cncc(N)c1. The molecule has 0 aromatic carbocycles. The Labute approximate surface area is 98.5 Å². The number of rotatable bonds is 3. The Balaban J connectivity index is 2.72. The molecule has 0 unspecified atom stereocenters. The van der Waals surface area contributed by atoms with E-state index in [4.69, 9.17) is 5.73 Å². The van der Waals surface area contributed by atoms with Crippen molar-refractivity contribution in [2.45, 2.75) is 46.6 Å². The Morgan fingerprint density at radius 3 is 2.31 bits per heavy atom. The number of nitrogens with one attached hydrogen (secondary N) is 1. The molecule has 1 heterocycles. The van der Waals surface area contributed by atoms with E-state index in [-0.39, 0.29) is 5.54 Å². The van der Waals surface area contributed by atoms with Gasteiger partial charge in [0.15, 0.2) is 0 Å². The lowest BCUT2D eigenvalue weighted by atomic mass is 9.82. The Hall–Kier alpha value is -1.25. The van der Waals surface area contributed by atoms with Gasteiger partial charge in [-0.25, -0.2) is 0 Å². The molecule has 0 amide bonds. The molecule has 1 aromatic rings. The maximum atomic E-state index is 5.70. The van der Waals surface area contributed by atoms with Crippen LogP contribution >= 0.6 is 0 Å². The minimum Gasteiger partial charge on any atom is -0.397 e. The van der Waals surface area contributed by atoms with Crippen molar-refractivity contribution >= 4 is 11.4 Å². The van der Waals surface area contributed by atoms with Crippen molar-refractivity contribution in [1.29, 1.82) is 0 Å². The second-order valence-corrected chi connectivity index (χ2v) is 6.25. The van der Waals surface area contributed by atoms with E-state index < -0.39 is 0 Å². The topological polar surface area (TPSA) is 50.9 Å². The van der Waals surface area contributed by atoms with E-state index in [1.54, 1.807) is 12.4 Å². The van der Waals surface area contributed by atoms with Gasteiger partial charge in [-0.15, -0.1) is 0 Å². The van der Waals surface area contributed by atoms with Crippen LogP contribution in [-0.2, 0) is 0 Å². The van der Waals surface area contributed by atoms with Gasteiger partial charge in [0, 0.05) is 11.7 Å². The number of anilines is 2. The van der Waals surface area contributed by atoms with Crippen molar-refractivity contribution in [3.63, 3.8) is 0 Å². The van der Waals surface area contributed by atoms with Gasteiger partial charge in [0.05, 0.1) is 17.6 Å². The quantitative estimate of drug-likeness (QED) is 0.823. The zero-order chi connectivity index (χ0) is 12.4. The van der Waals surface area contributed by atoms with Crippen molar-refractivity contribution in [1.82, 2.24) is 4.98 Å². The number of nitrogen functional groups attached to an aromatic ring is 1. The van der Waals surface area contributed by atoms with E-state index in [2.05, 4.69) is 44.9 Å². The Bertz CT molecular complexity index is 350. The molecule has 3 nitrogen and oxygen atoms in total. The fourth-order valence-corrected chi connectivity index (χ4v) is 2.29. The molecule has 3 heteroatoms. The molecule has 0 saturated heterocycles. The van der Waals surface area contributed by atoms with Crippen LogP contribution in [0, 0.1) is 5.41 Å². The standard InChI is InChI=1S/C13H23N3/c1-12(2,3)9-13(4,5)16-11-6-10(14)7-15-8-11/h6-8,16H,9,14H2,1-5H3. The predicted molar refractivity (Wildman–Crippen MR) is 70.4 cm³/mol. The first kappa shape index (κ1) is 12.8. The van der Waals surface area contributed by atoms with Crippen LogP contribution in [-0.4, -0.2) is 10.5 Å². The van der Waals surface area contributed by atoms with Gasteiger partial charge in [-0.3, -0.25) is 4.98 Å². The molecule has 0 atom stereocenters. The third-order valence-electron chi connectivity index (χ3n) is 2.21. The van der Waals surface area contributed by atoms with Gasteiger partial charge < -0.3 is 11.1 Å². The zero-order valence-corrected chi connectivity index (χ0v) is 11.0. The Morgan fingerprint density at radius 1 is 1.19 bits per heavy atom. The lowest BCUT2D eigenvalue weighted by Gasteiger charge is -2.34. The highest BCUT2D eigenvalue weighted by Gasteiger charge is 2.25. The lowest BCUT2D eigenvalue weighted by Crippen LogP contribution is -2.35. The summed E-state index contributed by atoms with van der Waals surface area (Å²) in [6, 6.07) is 1.91. The van der Waals surface area contributed by atoms with Crippen LogP contribution in [0.25, 0.3) is 0 Å². The molecule has 3 N–H and O–H groups in total. The van der Waals surface area contributed by atoms with Crippen LogP contribution in [0.4, 0.5) is 11.4 Å². The highest BCUT2D eigenvalue weighted by atomic mass is 15.0. The molecule has 1 aromatic heterocycles. The number of pyridine rings is 1. The Morgan fingerprint density at radius 2 is 1.81 bits per heavy atom. The zero-order valence-electron chi connectivity index (χ0n) is 11.0. The average Bonchev–Trinajstić information content (AvgIpc) is 1.96. The second kappa shape index (κ2) is 4.32. The first-order chi connectivity index (χ1) is 7.18. The van der Waals surface area contributed by atoms with Crippen LogP contribution in [0.3, 0.4) is 0 Å². The van der Waals surface area contributed by atoms with E-state index in [1.807, 2.05) is 6.07 Å². The lowest BCUT2D eigenvalue weighted by molar-refractivity contribution is 0.302. The number of nitrogens with zero attached hydrogens (tertiary/aromatic N) is 1. The minimum atomic E-state index is 0.0354. The highest BCUT2D eigenvalue weighted by molar-refractivity contribution is 5.52. The number of nitrogens with two attached hydrogens (primary N) is 1. The highest BCUT2D eigenvalue weighted by Crippen LogP contribution is 2.29. The van der Waals surface area contributed by atoms with Crippen LogP contribution in [0.5, 0.6) is 0 Å². The first-order valence-electron chi connectivity index (χ1n) is 5.67. The summed E-state index contributed by atoms with van der Waals surface area (Å²) in [4.78, 5) is 4.08. The summed E-state index contributed by atoms with van der Waals surface area (Å²) in [5.41, 5.74) is 7.71. The molecule has 90 valence electrons. The normalized spacial score (nSPS) is 12.6. The second-order valence-electron chi connectivity index (χ2n) is 6.25. The Kier molecular flexibility index (Phi) is 3.46. The monoisotopic (exact) mass is 221 g/mol. The smallest absolute Gasteiger partial charge is 0.0551 e. The van der Waals surface area contributed by atoms with Gasteiger partial charge in [-0.1, -0.05) is 20.8 Å². The summed E-state index contributed by atoms with van der Waals surface area (Å²) >= 11 is 0. The fraction of sp³-hybridized carbons (Fsp3) is 0.615. The summed E-state index contributed by atoms with van der Waals surface area (Å²) in [7, 11) is 0. The third-order valence-corrected chi connectivity index (χ3v) is 2.21. The van der Waals surface area contributed by atoms with Gasteiger partial charge in [-0.2, -0.15) is 0 Å². The average molecular weight is 221 g/mol. The van der Waals surface area contributed by atoms with Gasteiger partial charge >= 0.3 is 0 Å². The largest absolute Gasteiger partial charge is 0.397 e. The van der Waals surface area contributed by atoms with Crippen LogP contribution in [0.2, 0.25) is 0 Å². The molecule has 0 fully saturated rings. The molecule has 1 rings (SSSR count). The molecule has 0 bridgehead atoms. The molecule has 16 heavy (non-hydrogen) atoms. The number of hydrogen-bond donors (Lipinski definition) is 2. The van der Waals surface area contributed by atoms with Crippen LogP contribution in [0.15, 0.2) is 18.5 Å². The van der Waals surface area contributed by atoms with Gasteiger partial charge in [0.1, 0.15) is 0 Å². The van der Waals surface area contributed by atoms with Gasteiger partial charge in [0.25, 0.3) is 0 Å². The van der Waals surface area contributed by atoms with Gasteiger partial charge in [-0.05, 0) is 31.7 Å². The molecular weight excluding hydrogens is 198 g/mol. The predicted octanol–water partition coefficient (Wildman–Crippen LogP) is 3.29. The van der Waals surface area contributed by atoms with E-state index in [0.717, 1.165) is 12.1 Å². The minimum absolute atomic E-state index is 0.0354. The molecule has 0 saturated carbocycles. The number of aromatic nitrogens is 1. The van der Waals surface area contributed by atoms with E-state index in [0.29, 0.717) is 11.1 Å². The van der Waals surface area contributed by atoms with Crippen LogP contribution < -0.4 is 11.1 Å². The molecule has 0 spiro atoms. The molecule has 0 aliphatic heterocycles. The third kappa shape index (κ3) is 4.51. The summed E-state index contributed by atoms with van der Waals surface area (Å²) in [6.45, 7) is 11.1. The summed E-state index contributed by atoms with van der Waals surface area (Å²) < 4.78 is 0. The molecule has 0 radical (unpaired) electrons. The first-order valence-corrected chi connectivity index (χ1v) is 5.67. The van der Waals surface area contributed by atoms with Crippen molar-refractivity contribution in [2.24, 2.45) is 5.41 Å². The molecule has 0 aliphatic rings. The number of hydrogen-bond acceptors (Lipinski definition) is 3. The van der Waals surface area contributed by atoms with Gasteiger partial charge in [0.2, 0.25) is 0 Å². The summed E-state index contributed by atoms with van der Waals surface area (Å²) in [5.74, 6) is 0. The maximum absolute atomic E-state index is 5.70. The summed E-state index contributed by atoms with van der Waals surface area (Å²) in [6.07, 6.45) is 4.54. The van der Waals surface area contributed by atoms with Crippen LogP contribution in [0.1, 0.15) is 41.0 Å². The van der Waals surface area contributed by atoms with E-state index in [1.165, 1.54) is 0 Å². The van der Waals surface area contributed by atoms with Crippen molar-refractivity contribution in [3.8, 4) is 0 Å². The van der Waals surface area contributed by atoms with E-state index in [9.17, 15) is 0 Å². The van der Waals surface area contributed by atoms with Crippen molar-refractivity contribution in [2.75, 3.05) is 11.1 Å².